The molecular weight excluding hydrogens is 470 g/mol. The second-order valence-corrected chi connectivity index (χ2v) is 9.96. The number of amides is 2. The molecule has 0 radical (unpaired) electrons. The van der Waals surface area contributed by atoms with E-state index in [2.05, 4.69) is 5.32 Å². The molecule has 0 saturated carbocycles. The van der Waals surface area contributed by atoms with E-state index in [1.54, 1.807) is 44.4 Å². The van der Waals surface area contributed by atoms with Crippen molar-refractivity contribution in [1.82, 2.24) is 10.2 Å². The first-order chi connectivity index (χ1) is 16.6. The number of nitrogens with zero attached hydrogens (tertiary/aromatic N) is 2. The van der Waals surface area contributed by atoms with Gasteiger partial charge in [0.15, 0.2) is 0 Å². The summed E-state index contributed by atoms with van der Waals surface area (Å²) < 4.78 is 36.8. The average molecular weight is 506 g/mol. The maximum Gasteiger partial charge on any atom is 0.242 e. The summed E-state index contributed by atoms with van der Waals surface area (Å²) in [6.45, 7) is 4.26. The van der Waals surface area contributed by atoms with Gasteiger partial charge in [-0.1, -0.05) is 24.3 Å². The second-order valence-electron chi connectivity index (χ2n) is 8.05. The molecule has 10 heteroatoms. The molecule has 0 aromatic heterocycles. The summed E-state index contributed by atoms with van der Waals surface area (Å²) in [5.41, 5.74) is 1.23. The molecule has 0 spiro atoms. The fraction of sp³-hybridized carbons (Fsp3) is 0.440. The minimum Gasteiger partial charge on any atom is -0.497 e. The van der Waals surface area contributed by atoms with E-state index in [4.69, 9.17) is 9.47 Å². The first kappa shape index (κ1) is 28.0. The van der Waals surface area contributed by atoms with Crippen LogP contribution in [-0.2, 0) is 26.2 Å². The third-order valence-corrected chi connectivity index (χ3v) is 6.69. The lowest BCUT2D eigenvalue weighted by molar-refractivity contribution is -0.140. The third kappa shape index (κ3) is 7.88. The predicted molar refractivity (Wildman–Crippen MR) is 136 cm³/mol. The summed E-state index contributed by atoms with van der Waals surface area (Å²) in [5.74, 6) is 0.575. The second kappa shape index (κ2) is 13.0. The van der Waals surface area contributed by atoms with E-state index in [0.29, 0.717) is 23.7 Å². The molecule has 2 aromatic carbocycles. The Kier molecular flexibility index (Phi) is 10.4. The van der Waals surface area contributed by atoms with Gasteiger partial charge in [-0.3, -0.25) is 13.9 Å². The van der Waals surface area contributed by atoms with Gasteiger partial charge in [-0.05, 0) is 50.1 Å². The minimum absolute atomic E-state index is 0.0644. The molecule has 0 heterocycles. The zero-order valence-corrected chi connectivity index (χ0v) is 21.8. The fourth-order valence-electron chi connectivity index (χ4n) is 3.69. The molecule has 0 fully saturated rings. The zero-order chi connectivity index (χ0) is 26.0. The van der Waals surface area contributed by atoms with Crippen molar-refractivity contribution in [3.8, 4) is 11.5 Å². The van der Waals surface area contributed by atoms with Gasteiger partial charge in [-0.25, -0.2) is 8.42 Å². The van der Waals surface area contributed by atoms with Crippen LogP contribution in [0.5, 0.6) is 11.5 Å². The largest absolute Gasteiger partial charge is 0.497 e. The number of carbonyl (C=O) groups is 2. The van der Waals surface area contributed by atoms with Crippen LogP contribution in [-0.4, -0.2) is 64.7 Å². The van der Waals surface area contributed by atoms with Gasteiger partial charge in [0, 0.05) is 26.1 Å². The van der Waals surface area contributed by atoms with E-state index in [9.17, 15) is 18.0 Å². The molecule has 0 saturated heterocycles. The number of rotatable bonds is 13. The molecule has 1 unspecified atom stereocenters. The van der Waals surface area contributed by atoms with Crippen molar-refractivity contribution in [3.05, 3.63) is 54.1 Å². The van der Waals surface area contributed by atoms with Gasteiger partial charge in [-0.15, -0.1) is 0 Å². The van der Waals surface area contributed by atoms with Crippen LogP contribution in [0.3, 0.4) is 0 Å². The first-order valence-electron chi connectivity index (χ1n) is 11.4. The highest BCUT2D eigenvalue weighted by Gasteiger charge is 2.27. The van der Waals surface area contributed by atoms with Crippen molar-refractivity contribution in [3.63, 3.8) is 0 Å². The smallest absolute Gasteiger partial charge is 0.242 e. The van der Waals surface area contributed by atoms with Crippen LogP contribution in [0, 0.1) is 0 Å². The number of ether oxygens (including phenoxy) is 2. The summed E-state index contributed by atoms with van der Waals surface area (Å²) in [4.78, 5) is 27.3. The van der Waals surface area contributed by atoms with Crippen molar-refractivity contribution in [2.75, 3.05) is 37.9 Å². The van der Waals surface area contributed by atoms with Crippen molar-refractivity contribution in [1.29, 1.82) is 0 Å². The summed E-state index contributed by atoms with van der Waals surface area (Å²) >= 11 is 0. The lowest BCUT2D eigenvalue weighted by Crippen LogP contribution is -2.47. The van der Waals surface area contributed by atoms with Crippen LogP contribution in [0.1, 0.15) is 32.3 Å². The third-order valence-electron chi connectivity index (χ3n) is 5.51. The number of carbonyl (C=O) groups excluding carboxylic acids is 2. The summed E-state index contributed by atoms with van der Waals surface area (Å²) in [6, 6.07) is 13.4. The molecule has 1 N–H and O–H groups in total. The lowest BCUT2D eigenvalue weighted by atomic mass is 10.1. The minimum atomic E-state index is -3.61. The number of benzene rings is 2. The molecule has 192 valence electrons. The molecule has 2 aromatic rings. The van der Waals surface area contributed by atoms with Gasteiger partial charge in [0.1, 0.15) is 17.5 Å². The van der Waals surface area contributed by atoms with E-state index in [0.717, 1.165) is 11.8 Å². The SMILES string of the molecule is CCNC(=O)C(C)N(Cc1cccc(OC)c1)C(=O)CCCN(c1ccccc1OC)S(C)(=O)=O. The number of sulfonamides is 1. The van der Waals surface area contributed by atoms with Gasteiger partial charge in [0.25, 0.3) is 0 Å². The molecular formula is C25H35N3O6S. The summed E-state index contributed by atoms with van der Waals surface area (Å²) in [7, 11) is -0.573. The Balaban J connectivity index is 2.20. The van der Waals surface area contributed by atoms with Crippen molar-refractivity contribution in [2.24, 2.45) is 0 Å². The number of nitrogens with one attached hydrogen (secondary N) is 1. The Hall–Kier alpha value is -3.27. The Morgan fingerprint density at radius 1 is 1.06 bits per heavy atom. The Labute approximate surface area is 208 Å². The molecule has 9 nitrogen and oxygen atoms in total. The average Bonchev–Trinajstić information content (AvgIpc) is 2.84. The molecule has 0 aliphatic rings. The van der Waals surface area contributed by atoms with Crippen molar-refractivity contribution >= 4 is 27.5 Å². The van der Waals surface area contributed by atoms with Crippen LogP contribution in [0.2, 0.25) is 0 Å². The number of likely N-dealkylation sites (N-methyl/N-ethyl adjacent to an activating group) is 1. The van der Waals surface area contributed by atoms with E-state index in [1.807, 2.05) is 25.1 Å². The topological polar surface area (TPSA) is 105 Å². The predicted octanol–water partition coefficient (Wildman–Crippen LogP) is 2.80. The highest BCUT2D eigenvalue weighted by molar-refractivity contribution is 7.92. The maximum atomic E-state index is 13.3. The molecule has 0 bridgehead atoms. The van der Waals surface area contributed by atoms with Crippen LogP contribution in [0.25, 0.3) is 0 Å². The van der Waals surface area contributed by atoms with Crippen LogP contribution in [0.15, 0.2) is 48.5 Å². The van der Waals surface area contributed by atoms with E-state index in [1.165, 1.54) is 16.3 Å². The number of hydrogen-bond acceptors (Lipinski definition) is 6. The van der Waals surface area contributed by atoms with E-state index >= 15 is 0 Å². The molecule has 1 atom stereocenters. The quantitative estimate of drug-likeness (QED) is 0.449. The van der Waals surface area contributed by atoms with Crippen LogP contribution < -0.4 is 19.1 Å². The van der Waals surface area contributed by atoms with E-state index < -0.39 is 16.1 Å². The van der Waals surface area contributed by atoms with Gasteiger partial charge in [-0.2, -0.15) is 0 Å². The standard InChI is InChI=1S/C25H35N3O6S/c1-6-26-25(30)19(2)27(18-20-11-9-12-21(17-20)33-3)24(29)15-10-16-28(35(5,31)32)22-13-7-8-14-23(22)34-4/h7-9,11-14,17,19H,6,10,15-16,18H2,1-5H3,(H,26,30). The normalized spacial score (nSPS) is 11.9. The zero-order valence-electron chi connectivity index (χ0n) is 21.0. The Bertz CT molecular complexity index is 1110. The maximum absolute atomic E-state index is 13.3. The molecule has 35 heavy (non-hydrogen) atoms. The number of para-hydroxylation sites is 2. The number of methoxy groups -OCH3 is 2. The first-order valence-corrected chi connectivity index (χ1v) is 13.3. The molecule has 2 rings (SSSR count). The summed E-state index contributed by atoms with van der Waals surface area (Å²) in [6.07, 6.45) is 1.45. The van der Waals surface area contributed by atoms with Gasteiger partial charge >= 0.3 is 0 Å². The Morgan fingerprint density at radius 2 is 1.77 bits per heavy atom. The van der Waals surface area contributed by atoms with Crippen LogP contribution >= 0.6 is 0 Å². The van der Waals surface area contributed by atoms with Gasteiger partial charge in [0.2, 0.25) is 21.8 Å². The van der Waals surface area contributed by atoms with Crippen molar-refractivity contribution < 1.29 is 27.5 Å². The summed E-state index contributed by atoms with van der Waals surface area (Å²) in [5, 5.41) is 2.76. The van der Waals surface area contributed by atoms with Gasteiger partial charge < -0.3 is 19.7 Å². The molecule has 0 aliphatic carbocycles. The van der Waals surface area contributed by atoms with Crippen LogP contribution in [0.4, 0.5) is 5.69 Å². The number of anilines is 1. The monoisotopic (exact) mass is 505 g/mol. The highest BCUT2D eigenvalue weighted by atomic mass is 32.2. The highest BCUT2D eigenvalue weighted by Crippen LogP contribution is 2.29. The fourth-order valence-corrected chi connectivity index (χ4v) is 4.66. The molecule has 0 aliphatic heterocycles. The number of hydrogen-bond donors (Lipinski definition) is 1. The Morgan fingerprint density at radius 3 is 2.40 bits per heavy atom. The van der Waals surface area contributed by atoms with E-state index in [-0.39, 0.29) is 37.7 Å². The lowest BCUT2D eigenvalue weighted by Gasteiger charge is -2.29. The molecule has 2 amide bonds. The van der Waals surface area contributed by atoms with Gasteiger partial charge in [0.05, 0.1) is 26.2 Å². The van der Waals surface area contributed by atoms with Crippen molar-refractivity contribution in [2.45, 2.75) is 39.3 Å².